The molecule has 0 bridgehead atoms. The molecule has 2 fully saturated rings. The highest BCUT2D eigenvalue weighted by atomic mass is 16.3. The molecule has 1 aliphatic carbocycles. The first-order valence-corrected chi connectivity index (χ1v) is 6.59. The summed E-state index contributed by atoms with van der Waals surface area (Å²) in [5.41, 5.74) is 5.22. The number of β-amino-alcohol motifs (C(OH)–C–C–N with tert-alkyl or cyclic N) is 1. The fraction of sp³-hybridized carbons (Fsp3) is 0.750. The number of nitrogens with zero attached hydrogens (tertiary/aromatic N) is 5. The standard InChI is InChI=1S/C12H20N6O/c1-17(2)11-15-9(14-10(13)16-11)5-18-6-12(19,7-18)8-3-4-8/h8,19H,3-7H2,1-2H3,(H2,13,14,15,16). The number of aliphatic hydroxyl groups is 1. The van der Waals surface area contributed by atoms with Gasteiger partial charge in [0.05, 0.1) is 12.1 Å². The van der Waals surface area contributed by atoms with Crippen molar-refractivity contribution in [2.75, 3.05) is 37.8 Å². The van der Waals surface area contributed by atoms with Crippen LogP contribution >= 0.6 is 0 Å². The minimum Gasteiger partial charge on any atom is -0.387 e. The quantitative estimate of drug-likeness (QED) is 0.755. The lowest BCUT2D eigenvalue weighted by Gasteiger charge is -2.46. The van der Waals surface area contributed by atoms with Crippen LogP contribution in [-0.2, 0) is 6.54 Å². The number of hydrogen-bond donors (Lipinski definition) is 2. The third-order valence-electron chi connectivity index (χ3n) is 3.78. The SMILES string of the molecule is CN(C)c1nc(N)nc(CN2CC(O)(C3CC3)C2)n1. The number of rotatable bonds is 4. The van der Waals surface area contributed by atoms with E-state index in [1.54, 1.807) is 4.90 Å². The predicted octanol–water partition coefficient (Wildman–Crippen LogP) is -0.523. The Labute approximate surface area is 112 Å². The van der Waals surface area contributed by atoms with Crippen LogP contribution in [0.3, 0.4) is 0 Å². The van der Waals surface area contributed by atoms with Crippen LogP contribution in [-0.4, -0.2) is 57.7 Å². The summed E-state index contributed by atoms with van der Waals surface area (Å²) < 4.78 is 0. The van der Waals surface area contributed by atoms with Crippen LogP contribution in [0, 0.1) is 5.92 Å². The average molecular weight is 264 g/mol. The van der Waals surface area contributed by atoms with E-state index in [9.17, 15) is 5.11 Å². The van der Waals surface area contributed by atoms with Crippen molar-refractivity contribution < 1.29 is 5.11 Å². The monoisotopic (exact) mass is 264 g/mol. The normalized spacial score (nSPS) is 22.1. The molecule has 3 N–H and O–H groups in total. The van der Waals surface area contributed by atoms with Gasteiger partial charge in [-0.15, -0.1) is 0 Å². The zero-order valence-electron chi connectivity index (χ0n) is 11.4. The minimum atomic E-state index is -0.469. The number of aromatic nitrogens is 3. The van der Waals surface area contributed by atoms with Crippen molar-refractivity contribution in [1.29, 1.82) is 0 Å². The van der Waals surface area contributed by atoms with Crippen LogP contribution in [0.5, 0.6) is 0 Å². The van der Waals surface area contributed by atoms with E-state index in [4.69, 9.17) is 5.73 Å². The Kier molecular flexibility index (Phi) is 2.83. The average Bonchev–Trinajstić information content (AvgIpc) is 3.09. The van der Waals surface area contributed by atoms with Crippen molar-refractivity contribution in [3.05, 3.63) is 5.82 Å². The van der Waals surface area contributed by atoms with Crippen molar-refractivity contribution in [3.63, 3.8) is 0 Å². The highest BCUT2D eigenvalue weighted by Crippen LogP contribution is 2.44. The molecule has 7 heteroatoms. The Morgan fingerprint density at radius 3 is 2.58 bits per heavy atom. The van der Waals surface area contributed by atoms with Gasteiger partial charge >= 0.3 is 0 Å². The fourth-order valence-corrected chi connectivity index (χ4v) is 2.61. The molecule has 0 unspecified atom stereocenters. The van der Waals surface area contributed by atoms with Gasteiger partial charge < -0.3 is 15.7 Å². The molecule has 0 aromatic carbocycles. The molecule has 0 amide bonds. The first kappa shape index (κ1) is 12.6. The first-order valence-electron chi connectivity index (χ1n) is 6.59. The van der Waals surface area contributed by atoms with E-state index in [1.807, 2.05) is 14.1 Å². The third kappa shape index (κ3) is 2.48. The van der Waals surface area contributed by atoms with E-state index < -0.39 is 5.60 Å². The molecule has 104 valence electrons. The fourth-order valence-electron chi connectivity index (χ4n) is 2.61. The van der Waals surface area contributed by atoms with E-state index in [-0.39, 0.29) is 5.95 Å². The number of nitrogens with two attached hydrogens (primary N) is 1. The van der Waals surface area contributed by atoms with Crippen molar-refractivity contribution in [3.8, 4) is 0 Å². The second-order valence-electron chi connectivity index (χ2n) is 5.83. The minimum absolute atomic E-state index is 0.242. The molecule has 19 heavy (non-hydrogen) atoms. The van der Waals surface area contributed by atoms with Crippen molar-refractivity contribution >= 4 is 11.9 Å². The lowest BCUT2D eigenvalue weighted by atomic mass is 9.89. The van der Waals surface area contributed by atoms with Gasteiger partial charge in [0.15, 0.2) is 0 Å². The Morgan fingerprint density at radius 2 is 2.00 bits per heavy atom. The van der Waals surface area contributed by atoms with E-state index in [1.165, 1.54) is 0 Å². The zero-order valence-corrected chi connectivity index (χ0v) is 11.4. The number of anilines is 2. The molecule has 2 aliphatic rings. The largest absolute Gasteiger partial charge is 0.387 e. The third-order valence-corrected chi connectivity index (χ3v) is 3.78. The molecular weight excluding hydrogens is 244 g/mol. The Hall–Kier alpha value is -1.47. The lowest BCUT2D eigenvalue weighted by molar-refractivity contribution is -0.117. The maximum absolute atomic E-state index is 10.3. The van der Waals surface area contributed by atoms with E-state index in [0.717, 1.165) is 12.8 Å². The molecule has 3 rings (SSSR count). The molecule has 2 heterocycles. The molecule has 0 atom stereocenters. The van der Waals surface area contributed by atoms with Gasteiger partial charge in [-0.1, -0.05) is 0 Å². The van der Waals surface area contributed by atoms with Crippen molar-refractivity contribution in [2.45, 2.75) is 25.0 Å². The Balaban J connectivity index is 1.64. The van der Waals surface area contributed by atoms with Gasteiger partial charge in [0.1, 0.15) is 5.82 Å². The predicted molar refractivity (Wildman–Crippen MR) is 71.5 cm³/mol. The molecule has 1 aliphatic heterocycles. The highest BCUT2D eigenvalue weighted by Gasteiger charge is 2.51. The van der Waals surface area contributed by atoms with Gasteiger partial charge in [0.25, 0.3) is 0 Å². The molecule has 0 radical (unpaired) electrons. The highest BCUT2D eigenvalue weighted by molar-refractivity contribution is 5.32. The maximum Gasteiger partial charge on any atom is 0.229 e. The summed E-state index contributed by atoms with van der Waals surface area (Å²) in [6.07, 6.45) is 2.32. The number of likely N-dealkylation sites (tertiary alicyclic amines) is 1. The van der Waals surface area contributed by atoms with Crippen LogP contribution < -0.4 is 10.6 Å². The summed E-state index contributed by atoms with van der Waals surface area (Å²) in [6, 6.07) is 0. The Morgan fingerprint density at radius 1 is 1.32 bits per heavy atom. The van der Waals surface area contributed by atoms with Gasteiger partial charge in [-0.3, -0.25) is 4.90 Å². The summed E-state index contributed by atoms with van der Waals surface area (Å²) in [4.78, 5) is 16.5. The topological polar surface area (TPSA) is 91.4 Å². The summed E-state index contributed by atoms with van der Waals surface area (Å²) >= 11 is 0. The van der Waals surface area contributed by atoms with Gasteiger partial charge in [-0.25, -0.2) is 0 Å². The second kappa shape index (κ2) is 4.28. The molecular formula is C12H20N6O. The zero-order chi connectivity index (χ0) is 13.6. The van der Waals surface area contributed by atoms with Crippen molar-refractivity contribution in [1.82, 2.24) is 19.9 Å². The van der Waals surface area contributed by atoms with E-state index in [0.29, 0.717) is 37.3 Å². The van der Waals surface area contributed by atoms with Crippen LogP contribution in [0.15, 0.2) is 0 Å². The van der Waals surface area contributed by atoms with Crippen LogP contribution in [0.4, 0.5) is 11.9 Å². The van der Waals surface area contributed by atoms with E-state index >= 15 is 0 Å². The Bertz CT molecular complexity index is 481. The van der Waals surface area contributed by atoms with Crippen LogP contribution in [0.2, 0.25) is 0 Å². The summed E-state index contributed by atoms with van der Waals surface area (Å²) in [5, 5.41) is 10.3. The van der Waals surface area contributed by atoms with Gasteiger partial charge in [0.2, 0.25) is 11.9 Å². The van der Waals surface area contributed by atoms with Crippen LogP contribution in [0.25, 0.3) is 0 Å². The smallest absolute Gasteiger partial charge is 0.229 e. The first-order chi connectivity index (χ1) is 8.96. The number of nitrogen functional groups attached to an aromatic ring is 1. The molecule has 1 saturated carbocycles. The second-order valence-corrected chi connectivity index (χ2v) is 5.83. The molecule has 1 aromatic heterocycles. The molecule has 7 nitrogen and oxygen atoms in total. The molecule has 1 saturated heterocycles. The summed E-state index contributed by atoms with van der Waals surface area (Å²) in [5.74, 6) is 1.98. The van der Waals surface area contributed by atoms with Crippen molar-refractivity contribution in [2.24, 2.45) is 5.92 Å². The lowest BCUT2D eigenvalue weighted by Crippen LogP contribution is -2.62. The summed E-state index contributed by atoms with van der Waals surface area (Å²) in [7, 11) is 3.74. The van der Waals surface area contributed by atoms with Gasteiger partial charge in [-0.2, -0.15) is 15.0 Å². The van der Waals surface area contributed by atoms with E-state index in [2.05, 4.69) is 19.9 Å². The molecule has 1 aromatic rings. The molecule has 0 spiro atoms. The van der Waals surface area contributed by atoms with Gasteiger partial charge in [0, 0.05) is 27.2 Å². The van der Waals surface area contributed by atoms with Crippen LogP contribution in [0.1, 0.15) is 18.7 Å². The maximum atomic E-state index is 10.3. The summed E-state index contributed by atoms with van der Waals surface area (Å²) in [6.45, 7) is 2.03. The number of hydrogen-bond acceptors (Lipinski definition) is 7. The van der Waals surface area contributed by atoms with Gasteiger partial charge in [-0.05, 0) is 18.8 Å².